The lowest BCUT2D eigenvalue weighted by atomic mass is 10.1. The van der Waals surface area contributed by atoms with Crippen molar-refractivity contribution in [1.82, 2.24) is 0 Å². The zero-order valence-electron chi connectivity index (χ0n) is 7.24. The minimum absolute atomic E-state index is 0.309. The van der Waals surface area contributed by atoms with E-state index in [0.29, 0.717) is 17.4 Å². The maximum atomic E-state index is 12.7. The SMILES string of the molecule is NC(=O)C=Cc1cc(F)ccc1C=O. The van der Waals surface area contributed by atoms with Gasteiger partial charge in [0.1, 0.15) is 5.82 Å². The number of aldehydes is 1. The Morgan fingerprint density at radius 2 is 2.07 bits per heavy atom. The molecular weight excluding hydrogens is 185 g/mol. The van der Waals surface area contributed by atoms with E-state index in [1.165, 1.54) is 18.2 Å². The van der Waals surface area contributed by atoms with Gasteiger partial charge in [-0.1, -0.05) is 0 Å². The zero-order chi connectivity index (χ0) is 10.6. The summed E-state index contributed by atoms with van der Waals surface area (Å²) < 4.78 is 12.7. The van der Waals surface area contributed by atoms with Gasteiger partial charge in [-0.15, -0.1) is 0 Å². The summed E-state index contributed by atoms with van der Waals surface area (Å²) in [6.45, 7) is 0. The van der Waals surface area contributed by atoms with Gasteiger partial charge in [0.25, 0.3) is 0 Å². The molecule has 0 fully saturated rings. The Morgan fingerprint density at radius 1 is 1.36 bits per heavy atom. The van der Waals surface area contributed by atoms with Crippen LogP contribution < -0.4 is 5.73 Å². The number of amides is 1. The summed E-state index contributed by atoms with van der Waals surface area (Å²) in [5.41, 5.74) is 5.50. The molecule has 0 radical (unpaired) electrons. The van der Waals surface area contributed by atoms with Crippen molar-refractivity contribution in [2.24, 2.45) is 5.73 Å². The fourth-order valence-corrected chi connectivity index (χ4v) is 0.969. The summed E-state index contributed by atoms with van der Waals surface area (Å²) in [6, 6.07) is 3.66. The van der Waals surface area contributed by atoms with E-state index in [2.05, 4.69) is 0 Å². The normalized spacial score (nSPS) is 10.4. The maximum absolute atomic E-state index is 12.7. The van der Waals surface area contributed by atoms with Crippen molar-refractivity contribution in [3.63, 3.8) is 0 Å². The Hall–Kier alpha value is -1.97. The van der Waals surface area contributed by atoms with Crippen LogP contribution >= 0.6 is 0 Å². The van der Waals surface area contributed by atoms with Gasteiger partial charge in [0.15, 0.2) is 6.29 Å². The van der Waals surface area contributed by atoms with Gasteiger partial charge < -0.3 is 5.73 Å². The Labute approximate surface area is 80.0 Å². The van der Waals surface area contributed by atoms with E-state index in [-0.39, 0.29) is 0 Å². The third-order valence-electron chi connectivity index (χ3n) is 1.60. The van der Waals surface area contributed by atoms with Gasteiger partial charge in [0.05, 0.1) is 0 Å². The number of benzene rings is 1. The lowest BCUT2D eigenvalue weighted by molar-refractivity contribution is -0.113. The summed E-state index contributed by atoms with van der Waals surface area (Å²) in [4.78, 5) is 20.9. The lowest BCUT2D eigenvalue weighted by Gasteiger charge is -1.97. The van der Waals surface area contributed by atoms with E-state index < -0.39 is 11.7 Å². The second-order valence-electron chi connectivity index (χ2n) is 2.63. The molecule has 0 unspecified atom stereocenters. The second-order valence-corrected chi connectivity index (χ2v) is 2.63. The van der Waals surface area contributed by atoms with Gasteiger partial charge >= 0.3 is 0 Å². The number of carbonyl (C=O) groups excluding carboxylic acids is 2. The summed E-state index contributed by atoms with van der Waals surface area (Å²) in [7, 11) is 0. The molecule has 4 heteroatoms. The van der Waals surface area contributed by atoms with Crippen LogP contribution in [-0.2, 0) is 4.79 Å². The molecule has 0 saturated heterocycles. The molecule has 0 spiro atoms. The van der Waals surface area contributed by atoms with E-state index in [1.807, 2.05) is 0 Å². The quantitative estimate of drug-likeness (QED) is 0.578. The van der Waals surface area contributed by atoms with Crippen LogP contribution in [0.3, 0.4) is 0 Å². The smallest absolute Gasteiger partial charge is 0.241 e. The summed E-state index contributed by atoms with van der Waals surface area (Å²) in [5, 5.41) is 0. The van der Waals surface area contributed by atoms with Crippen molar-refractivity contribution in [3.8, 4) is 0 Å². The van der Waals surface area contributed by atoms with E-state index in [4.69, 9.17) is 5.73 Å². The predicted molar refractivity (Wildman–Crippen MR) is 50.0 cm³/mol. The molecule has 1 rings (SSSR count). The Morgan fingerprint density at radius 3 is 2.64 bits per heavy atom. The van der Waals surface area contributed by atoms with Gasteiger partial charge in [0.2, 0.25) is 5.91 Å². The lowest BCUT2D eigenvalue weighted by Crippen LogP contribution is -2.05. The molecular formula is C10H8FNO2. The van der Waals surface area contributed by atoms with E-state index in [1.54, 1.807) is 0 Å². The number of primary amides is 1. The highest BCUT2D eigenvalue weighted by molar-refractivity contribution is 5.92. The average Bonchev–Trinajstić information content (AvgIpc) is 2.15. The fourth-order valence-electron chi connectivity index (χ4n) is 0.969. The van der Waals surface area contributed by atoms with E-state index >= 15 is 0 Å². The van der Waals surface area contributed by atoms with Crippen LogP contribution in [0.15, 0.2) is 24.3 Å². The summed E-state index contributed by atoms with van der Waals surface area (Å²) in [5.74, 6) is -1.12. The topological polar surface area (TPSA) is 60.2 Å². The highest BCUT2D eigenvalue weighted by atomic mass is 19.1. The van der Waals surface area contributed by atoms with Crippen LogP contribution in [0, 0.1) is 5.82 Å². The molecule has 0 aliphatic rings. The Kier molecular flexibility index (Phi) is 3.12. The number of hydrogen-bond acceptors (Lipinski definition) is 2. The molecule has 0 aliphatic carbocycles. The molecule has 1 aromatic carbocycles. The molecule has 0 bridgehead atoms. The average molecular weight is 193 g/mol. The van der Waals surface area contributed by atoms with E-state index in [9.17, 15) is 14.0 Å². The minimum Gasteiger partial charge on any atom is -0.366 e. The summed E-state index contributed by atoms with van der Waals surface area (Å²) in [6.07, 6.45) is 2.96. The highest BCUT2D eigenvalue weighted by Gasteiger charge is 2.00. The zero-order valence-corrected chi connectivity index (χ0v) is 7.24. The van der Waals surface area contributed by atoms with Gasteiger partial charge in [-0.05, 0) is 29.8 Å². The molecule has 3 nitrogen and oxygen atoms in total. The first kappa shape index (κ1) is 10.1. The molecule has 0 heterocycles. The van der Waals surface area contributed by atoms with Crippen LogP contribution in [0.25, 0.3) is 6.08 Å². The number of carbonyl (C=O) groups is 2. The predicted octanol–water partition coefficient (Wildman–Crippen LogP) is 1.14. The second kappa shape index (κ2) is 4.32. The first-order valence-electron chi connectivity index (χ1n) is 3.85. The molecule has 72 valence electrons. The Balaban J connectivity index is 3.10. The monoisotopic (exact) mass is 193 g/mol. The van der Waals surface area contributed by atoms with E-state index in [0.717, 1.165) is 12.1 Å². The number of halogens is 1. The highest BCUT2D eigenvalue weighted by Crippen LogP contribution is 2.11. The molecule has 2 N–H and O–H groups in total. The third kappa shape index (κ3) is 2.52. The number of nitrogens with two attached hydrogens (primary N) is 1. The van der Waals surface area contributed by atoms with Crippen molar-refractivity contribution in [3.05, 3.63) is 41.2 Å². The molecule has 14 heavy (non-hydrogen) atoms. The van der Waals surface area contributed by atoms with Crippen molar-refractivity contribution >= 4 is 18.3 Å². The van der Waals surface area contributed by atoms with Crippen molar-refractivity contribution < 1.29 is 14.0 Å². The first-order chi connectivity index (χ1) is 6.63. The van der Waals surface area contributed by atoms with Crippen LogP contribution in [0.1, 0.15) is 15.9 Å². The van der Waals surface area contributed by atoms with Gasteiger partial charge in [0, 0.05) is 11.6 Å². The van der Waals surface area contributed by atoms with Gasteiger partial charge in [-0.25, -0.2) is 4.39 Å². The van der Waals surface area contributed by atoms with Gasteiger partial charge in [-0.2, -0.15) is 0 Å². The molecule has 0 atom stereocenters. The first-order valence-corrected chi connectivity index (χ1v) is 3.85. The largest absolute Gasteiger partial charge is 0.366 e. The molecule has 0 aromatic heterocycles. The minimum atomic E-state index is -0.647. The summed E-state index contributed by atoms with van der Waals surface area (Å²) >= 11 is 0. The van der Waals surface area contributed by atoms with Crippen LogP contribution in [-0.4, -0.2) is 12.2 Å². The van der Waals surface area contributed by atoms with Gasteiger partial charge in [-0.3, -0.25) is 9.59 Å². The molecule has 0 saturated carbocycles. The van der Waals surface area contributed by atoms with Crippen molar-refractivity contribution in [1.29, 1.82) is 0 Å². The number of rotatable bonds is 3. The van der Waals surface area contributed by atoms with Crippen LogP contribution in [0.4, 0.5) is 4.39 Å². The maximum Gasteiger partial charge on any atom is 0.241 e. The fraction of sp³-hybridized carbons (Fsp3) is 0. The molecule has 0 aliphatic heterocycles. The Bertz CT molecular complexity index is 399. The van der Waals surface area contributed by atoms with Crippen LogP contribution in [0.5, 0.6) is 0 Å². The third-order valence-corrected chi connectivity index (χ3v) is 1.60. The number of hydrogen-bond donors (Lipinski definition) is 1. The van der Waals surface area contributed by atoms with Crippen LogP contribution in [0.2, 0.25) is 0 Å². The molecule has 1 aromatic rings. The molecule has 1 amide bonds. The van der Waals surface area contributed by atoms with Crippen molar-refractivity contribution in [2.75, 3.05) is 0 Å². The standard InChI is InChI=1S/C10H8FNO2/c11-9-3-1-8(6-13)7(5-9)2-4-10(12)14/h1-6H,(H2,12,14). The van der Waals surface area contributed by atoms with Crippen molar-refractivity contribution in [2.45, 2.75) is 0 Å².